The molecule has 2 rings (SSSR count). The first-order valence-electron chi connectivity index (χ1n) is 7.79. The van der Waals surface area contributed by atoms with E-state index in [1.165, 1.54) is 11.5 Å². The Bertz CT molecular complexity index is 474. The van der Waals surface area contributed by atoms with Crippen LogP contribution in [0.15, 0.2) is 0 Å². The SMILES string of the molecule is CCCN(C(=O)c1snnc1C(C)(C)C)C1CCNCC1. The van der Waals surface area contributed by atoms with Crippen LogP contribution < -0.4 is 5.32 Å². The zero-order chi connectivity index (χ0) is 15.5. The van der Waals surface area contributed by atoms with E-state index in [1.54, 1.807) is 0 Å². The van der Waals surface area contributed by atoms with Gasteiger partial charge in [-0.3, -0.25) is 4.79 Å². The van der Waals surface area contributed by atoms with E-state index in [9.17, 15) is 4.79 Å². The summed E-state index contributed by atoms with van der Waals surface area (Å²) in [5, 5.41) is 7.57. The topological polar surface area (TPSA) is 58.1 Å². The van der Waals surface area contributed by atoms with Crippen molar-refractivity contribution in [1.82, 2.24) is 19.8 Å². The van der Waals surface area contributed by atoms with Gasteiger partial charge in [0, 0.05) is 18.0 Å². The van der Waals surface area contributed by atoms with Gasteiger partial charge in [0.25, 0.3) is 5.91 Å². The number of hydrogen-bond acceptors (Lipinski definition) is 5. The van der Waals surface area contributed by atoms with Gasteiger partial charge in [0.1, 0.15) is 4.88 Å². The minimum absolute atomic E-state index is 0.115. The number of piperidine rings is 1. The van der Waals surface area contributed by atoms with E-state index in [4.69, 9.17) is 0 Å². The summed E-state index contributed by atoms with van der Waals surface area (Å²) < 4.78 is 4.03. The molecule has 0 bridgehead atoms. The summed E-state index contributed by atoms with van der Waals surface area (Å²) in [6.45, 7) is 11.2. The molecular weight excluding hydrogens is 284 g/mol. The molecule has 1 N–H and O–H groups in total. The van der Waals surface area contributed by atoms with Crippen LogP contribution in [-0.4, -0.2) is 46.1 Å². The fraction of sp³-hybridized carbons (Fsp3) is 0.800. The van der Waals surface area contributed by atoms with Crippen molar-refractivity contribution in [2.45, 2.75) is 58.4 Å². The van der Waals surface area contributed by atoms with Crippen LogP contribution >= 0.6 is 11.5 Å². The lowest BCUT2D eigenvalue weighted by Crippen LogP contribution is -2.46. The van der Waals surface area contributed by atoms with Gasteiger partial charge in [0.2, 0.25) is 0 Å². The Balaban J connectivity index is 2.24. The third-order valence-electron chi connectivity index (χ3n) is 3.87. The van der Waals surface area contributed by atoms with E-state index in [2.05, 4.69) is 42.6 Å². The molecule has 1 amide bonds. The Kier molecular flexibility index (Phi) is 5.32. The summed E-state index contributed by atoms with van der Waals surface area (Å²) in [4.78, 5) is 15.8. The molecule has 21 heavy (non-hydrogen) atoms. The van der Waals surface area contributed by atoms with Crippen LogP contribution in [0.25, 0.3) is 0 Å². The van der Waals surface area contributed by atoms with Crippen molar-refractivity contribution in [1.29, 1.82) is 0 Å². The van der Waals surface area contributed by atoms with Gasteiger partial charge >= 0.3 is 0 Å². The molecule has 0 atom stereocenters. The van der Waals surface area contributed by atoms with Crippen molar-refractivity contribution in [3.63, 3.8) is 0 Å². The van der Waals surface area contributed by atoms with E-state index in [0.717, 1.165) is 49.5 Å². The van der Waals surface area contributed by atoms with E-state index in [-0.39, 0.29) is 11.3 Å². The fourth-order valence-corrected chi connectivity index (χ4v) is 3.59. The molecule has 0 radical (unpaired) electrons. The van der Waals surface area contributed by atoms with Gasteiger partial charge in [-0.1, -0.05) is 32.2 Å². The zero-order valence-corrected chi connectivity index (χ0v) is 14.3. The largest absolute Gasteiger partial charge is 0.335 e. The highest BCUT2D eigenvalue weighted by molar-refractivity contribution is 7.08. The summed E-state index contributed by atoms with van der Waals surface area (Å²) >= 11 is 1.23. The molecule has 118 valence electrons. The number of nitrogens with one attached hydrogen (secondary N) is 1. The molecule has 2 heterocycles. The van der Waals surface area contributed by atoms with Crippen molar-refractivity contribution in [2.75, 3.05) is 19.6 Å². The molecule has 0 spiro atoms. The van der Waals surface area contributed by atoms with Crippen molar-refractivity contribution >= 4 is 17.4 Å². The minimum Gasteiger partial charge on any atom is -0.335 e. The van der Waals surface area contributed by atoms with Gasteiger partial charge in [0.05, 0.1) is 5.69 Å². The molecular formula is C15H26N4OS. The molecule has 0 aliphatic carbocycles. The molecule has 0 unspecified atom stereocenters. The van der Waals surface area contributed by atoms with Crippen LogP contribution in [0.5, 0.6) is 0 Å². The minimum atomic E-state index is -0.149. The van der Waals surface area contributed by atoms with Crippen LogP contribution in [0.4, 0.5) is 0 Å². The molecule has 1 aromatic heterocycles. The monoisotopic (exact) mass is 310 g/mol. The van der Waals surface area contributed by atoms with Gasteiger partial charge in [-0.15, -0.1) is 5.10 Å². The van der Waals surface area contributed by atoms with Gasteiger partial charge in [-0.05, 0) is 43.9 Å². The van der Waals surface area contributed by atoms with Crippen molar-refractivity contribution in [3.8, 4) is 0 Å². The summed E-state index contributed by atoms with van der Waals surface area (Å²) in [7, 11) is 0. The first-order valence-corrected chi connectivity index (χ1v) is 8.57. The van der Waals surface area contributed by atoms with Crippen LogP contribution in [0.2, 0.25) is 0 Å². The summed E-state index contributed by atoms with van der Waals surface area (Å²) in [5.74, 6) is 0.115. The summed E-state index contributed by atoms with van der Waals surface area (Å²) in [5.41, 5.74) is 0.678. The standard InChI is InChI=1S/C15H26N4OS/c1-5-10-19(11-6-8-16-9-7-11)14(20)12-13(15(2,3)4)17-18-21-12/h11,16H,5-10H2,1-4H3. The maximum absolute atomic E-state index is 13.0. The third kappa shape index (κ3) is 3.80. The van der Waals surface area contributed by atoms with E-state index in [1.807, 2.05) is 4.90 Å². The second kappa shape index (κ2) is 6.83. The first-order chi connectivity index (χ1) is 9.95. The second-order valence-corrected chi connectivity index (χ2v) is 7.43. The second-order valence-electron chi connectivity index (χ2n) is 6.68. The highest BCUT2D eigenvalue weighted by Gasteiger charge is 2.32. The third-order valence-corrected chi connectivity index (χ3v) is 4.58. The molecule has 0 aromatic carbocycles. The average molecular weight is 310 g/mol. The molecule has 1 fully saturated rings. The van der Waals surface area contributed by atoms with E-state index < -0.39 is 0 Å². The Morgan fingerprint density at radius 2 is 2.05 bits per heavy atom. The highest BCUT2D eigenvalue weighted by Crippen LogP contribution is 2.28. The van der Waals surface area contributed by atoms with E-state index >= 15 is 0 Å². The van der Waals surface area contributed by atoms with E-state index in [0.29, 0.717) is 6.04 Å². The predicted molar refractivity (Wildman–Crippen MR) is 85.8 cm³/mol. The van der Waals surface area contributed by atoms with Gasteiger partial charge in [-0.25, -0.2) is 0 Å². The number of amides is 1. The lowest BCUT2D eigenvalue weighted by atomic mass is 9.91. The fourth-order valence-electron chi connectivity index (χ4n) is 2.76. The van der Waals surface area contributed by atoms with Crippen LogP contribution in [0.1, 0.15) is 62.3 Å². The smallest absolute Gasteiger partial charge is 0.267 e. The van der Waals surface area contributed by atoms with Crippen LogP contribution in [0, 0.1) is 0 Å². The number of carbonyl (C=O) groups is 1. The Morgan fingerprint density at radius 3 is 2.62 bits per heavy atom. The molecule has 0 saturated carbocycles. The number of carbonyl (C=O) groups excluding carboxylic acids is 1. The van der Waals surface area contributed by atoms with Crippen LogP contribution in [-0.2, 0) is 5.41 Å². The van der Waals surface area contributed by atoms with Crippen LogP contribution in [0.3, 0.4) is 0 Å². The highest BCUT2D eigenvalue weighted by atomic mass is 32.1. The number of nitrogens with zero attached hydrogens (tertiary/aromatic N) is 3. The number of hydrogen-bond donors (Lipinski definition) is 1. The molecule has 1 aliphatic heterocycles. The van der Waals surface area contributed by atoms with Gasteiger partial charge in [-0.2, -0.15) is 0 Å². The first kappa shape index (κ1) is 16.4. The normalized spacial score (nSPS) is 17.0. The Morgan fingerprint density at radius 1 is 1.38 bits per heavy atom. The molecule has 1 aliphatic rings. The number of rotatable bonds is 4. The summed E-state index contributed by atoms with van der Waals surface area (Å²) in [6.07, 6.45) is 3.04. The zero-order valence-electron chi connectivity index (χ0n) is 13.5. The van der Waals surface area contributed by atoms with Crippen molar-refractivity contribution in [3.05, 3.63) is 10.6 Å². The molecule has 6 heteroatoms. The molecule has 1 aromatic rings. The quantitative estimate of drug-likeness (QED) is 0.928. The Hall–Kier alpha value is -1.01. The Labute approximate surface area is 131 Å². The van der Waals surface area contributed by atoms with Crippen molar-refractivity contribution in [2.24, 2.45) is 0 Å². The van der Waals surface area contributed by atoms with Gasteiger partial charge in [0.15, 0.2) is 0 Å². The maximum Gasteiger partial charge on any atom is 0.267 e. The number of aromatic nitrogens is 2. The van der Waals surface area contributed by atoms with Gasteiger partial charge < -0.3 is 10.2 Å². The lowest BCUT2D eigenvalue weighted by Gasteiger charge is -2.34. The lowest BCUT2D eigenvalue weighted by molar-refractivity contribution is 0.0645. The molecule has 5 nitrogen and oxygen atoms in total. The molecule has 1 saturated heterocycles. The van der Waals surface area contributed by atoms with Crippen molar-refractivity contribution < 1.29 is 4.79 Å². The average Bonchev–Trinajstić information content (AvgIpc) is 2.94. The summed E-state index contributed by atoms with van der Waals surface area (Å²) in [6, 6.07) is 0.341. The maximum atomic E-state index is 13.0. The predicted octanol–water partition coefficient (Wildman–Crippen LogP) is 2.44.